The van der Waals surface area contributed by atoms with Crippen LogP contribution in [0.2, 0.25) is 0 Å². The maximum absolute atomic E-state index is 12.8. The Morgan fingerprint density at radius 3 is 2.43 bits per heavy atom. The van der Waals surface area contributed by atoms with E-state index in [9.17, 15) is 9.59 Å². The van der Waals surface area contributed by atoms with Crippen LogP contribution in [0.5, 0.6) is 0 Å². The average Bonchev–Trinajstić information content (AvgIpc) is 3.04. The van der Waals surface area contributed by atoms with Gasteiger partial charge in [-0.05, 0) is 31.7 Å². The summed E-state index contributed by atoms with van der Waals surface area (Å²) < 4.78 is 0. The van der Waals surface area contributed by atoms with E-state index in [1.54, 1.807) is 4.90 Å². The topological polar surface area (TPSA) is 49.4 Å². The fourth-order valence-electron chi connectivity index (χ4n) is 3.91. The molecule has 0 aromatic heterocycles. The van der Waals surface area contributed by atoms with E-state index in [-0.39, 0.29) is 23.8 Å². The summed E-state index contributed by atoms with van der Waals surface area (Å²) in [5.74, 6) is 0.0864. The van der Waals surface area contributed by atoms with E-state index in [4.69, 9.17) is 0 Å². The van der Waals surface area contributed by atoms with Crippen LogP contribution in [0.15, 0.2) is 24.3 Å². The summed E-state index contributed by atoms with van der Waals surface area (Å²) in [7, 11) is 1.82. The van der Waals surface area contributed by atoms with Crippen LogP contribution in [0.25, 0.3) is 0 Å². The summed E-state index contributed by atoms with van der Waals surface area (Å²) in [6.07, 6.45) is 5.68. The van der Waals surface area contributed by atoms with Gasteiger partial charge in [-0.1, -0.05) is 42.7 Å². The summed E-state index contributed by atoms with van der Waals surface area (Å²) in [6, 6.07) is 8.36. The van der Waals surface area contributed by atoms with E-state index >= 15 is 0 Å². The lowest BCUT2D eigenvalue weighted by Crippen LogP contribution is -2.48. The molecule has 4 heteroatoms. The number of piperidine rings is 1. The van der Waals surface area contributed by atoms with Crippen molar-refractivity contribution in [3.8, 4) is 0 Å². The fourth-order valence-corrected chi connectivity index (χ4v) is 3.91. The lowest BCUT2D eigenvalue weighted by Gasteiger charge is -2.39. The molecule has 23 heavy (non-hydrogen) atoms. The van der Waals surface area contributed by atoms with E-state index in [1.807, 2.05) is 38.2 Å². The first kappa shape index (κ1) is 16.0. The van der Waals surface area contributed by atoms with E-state index in [2.05, 4.69) is 5.32 Å². The van der Waals surface area contributed by atoms with Crippen LogP contribution >= 0.6 is 0 Å². The van der Waals surface area contributed by atoms with Crippen molar-refractivity contribution in [3.05, 3.63) is 35.4 Å². The van der Waals surface area contributed by atoms with E-state index in [0.717, 1.165) is 18.4 Å². The Morgan fingerprint density at radius 1 is 1.13 bits per heavy atom. The number of nitrogens with one attached hydrogen (secondary N) is 1. The predicted octanol–water partition coefficient (Wildman–Crippen LogP) is 2.96. The van der Waals surface area contributed by atoms with Gasteiger partial charge >= 0.3 is 0 Å². The van der Waals surface area contributed by atoms with Gasteiger partial charge in [0.1, 0.15) is 0 Å². The molecule has 2 amide bonds. The van der Waals surface area contributed by atoms with Crippen molar-refractivity contribution in [1.82, 2.24) is 10.2 Å². The maximum atomic E-state index is 12.8. The van der Waals surface area contributed by atoms with Crippen LogP contribution in [-0.4, -0.2) is 29.8 Å². The molecule has 1 saturated carbocycles. The lowest BCUT2D eigenvalue weighted by molar-refractivity contribution is -0.141. The van der Waals surface area contributed by atoms with Gasteiger partial charge in [-0.15, -0.1) is 0 Å². The predicted molar refractivity (Wildman–Crippen MR) is 89.8 cm³/mol. The molecular weight excluding hydrogens is 288 g/mol. The monoisotopic (exact) mass is 314 g/mol. The number of amides is 2. The van der Waals surface area contributed by atoms with Crippen LogP contribution in [-0.2, 0) is 9.59 Å². The Balaban J connectivity index is 1.81. The number of aryl methyl sites for hydroxylation is 1. The van der Waals surface area contributed by atoms with Gasteiger partial charge in [-0.2, -0.15) is 0 Å². The number of likely N-dealkylation sites (tertiary alicyclic amines) is 1. The molecule has 0 bridgehead atoms. The number of nitrogens with zero attached hydrogens (tertiary/aromatic N) is 1. The second-order valence-electron chi connectivity index (χ2n) is 7.00. The molecule has 124 valence electrons. The van der Waals surface area contributed by atoms with Gasteiger partial charge in [0.25, 0.3) is 0 Å². The lowest BCUT2D eigenvalue weighted by atomic mass is 9.83. The molecule has 0 radical (unpaired) electrons. The molecule has 1 saturated heterocycles. The minimum atomic E-state index is -0.154. The first-order valence-electron chi connectivity index (χ1n) is 8.69. The molecule has 2 atom stereocenters. The molecule has 3 rings (SSSR count). The Labute approximate surface area is 138 Å². The number of hydrogen-bond donors (Lipinski definition) is 1. The zero-order valence-corrected chi connectivity index (χ0v) is 14.0. The smallest absolute Gasteiger partial charge is 0.225 e. The second-order valence-corrected chi connectivity index (χ2v) is 7.00. The Hall–Kier alpha value is -1.84. The summed E-state index contributed by atoms with van der Waals surface area (Å²) in [4.78, 5) is 26.7. The van der Waals surface area contributed by atoms with E-state index < -0.39 is 0 Å². The Kier molecular flexibility index (Phi) is 4.69. The quantitative estimate of drug-likeness (QED) is 0.932. The Morgan fingerprint density at radius 2 is 1.78 bits per heavy atom. The highest BCUT2D eigenvalue weighted by Crippen LogP contribution is 2.36. The van der Waals surface area contributed by atoms with Crippen LogP contribution in [0, 0.1) is 12.8 Å². The minimum Gasteiger partial charge on any atom is -0.353 e. The number of rotatable bonds is 3. The molecule has 1 aliphatic carbocycles. The molecule has 4 nitrogen and oxygen atoms in total. The van der Waals surface area contributed by atoms with Crippen molar-refractivity contribution in [2.75, 3.05) is 7.05 Å². The average molecular weight is 314 g/mol. The van der Waals surface area contributed by atoms with Crippen LogP contribution < -0.4 is 5.32 Å². The van der Waals surface area contributed by atoms with Gasteiger partial charge in [0.15, 0.2) is 0 Å². The van der Waals surface area contributed by atoms with Gasteiger partial charge in [0, 0.05) is 19.5 Å². The summed E-state index contributed by atoms with van der Waals surface area (Å²) in [6.45, 7) is 2.05. The normalized spacial score (nSPS) is 25.7. The van der Waals surface area contributed by atoms with Crippen molar-refractivity contribution in [1.29, 1.82) is 0 Å². The maximum Gasteiger partial charge on any atom is 0.225 e. The van der Waals surface area contributed by atoms with Gasteiger partial charge in [0.2, 0.25) is 11.8 Å². The molecule has 1 aromatic carbocycles. The number of hydrogen-bond acceptors (Lipinski definition) is 2. The summed E-state index contributed by atoms with van der Waals surface area (Å²) in [5.41, 5.74) is 2.24. The summed E-state index contributed by atoms with van der Waals surface area (Å²) >= 11 is 0. The third kappa shape index (κ3) is 3.41. The minimum absolute atomic E-state index is 0.113. The standard InChI is InChI=1S/C19H26N2O2/c1-13-7-9-14(10-8-13)18-16(11-12-17(22)21(18)2)19(23)20-15-5-3-4-6-15/h7-10,15-16,18H,3-6,11-12H2,1-2H3,(H,20,23)/t16-,18-/m1/s1. The molecule has 2 fully saturated rings. The molecule has 1 N–H and O–H groups in total. The highest BCUT2D eigenvalue weighted by atomic mass is 16.2. The second kappa shape index (κ2) is 6.73. The Bertz CT molecular complexity index is 576. The van der Waals surface area contributed by atoms with E-state index in [0.29, 0.717) is 18.9 Å². The van der Waals surface area contributed by atoms with Gasteiger partial charge in [-0.3, -0.25) is 9.59 Å². The largest absolute Gasteiger partial charge is 0.353 e. The third-order valence-electron chi connectivity index (χ3n) is 5.32. The molecular formula is C19H26N2O2. The number of benzene rings is 1. The summed E-state index contributed by atoms with van der Waals surface area (Å²) in [5, 5.41) is 3.22. The molecule has 2 aliphatic rings. The number of carbonyl (C=O) groups excluding carboxylic acids is 2. The molecule has 1 heterocycles. The van der Waals surface area contributed by atoms with Crippen LogP contribution in [0.4, 0.5) is 0 Å². The molecule has 0 unspecified atom stereocenters. The highest BCUT2D eigenvalue weighted by Gasteiger charge is 2.39. The zero-order valence-electron chi connectivity index (χ0n) is 14.0. The molecule has 0 spiro atoms. The fraction of sp³-hybridized carbons (Fsp3) is 0.579. The first-order valence-corrected chi connectivity index (χ1v) is 8.69. The van der Waals surface area contributed by atoms with Crippen molar-refractivity contribution >= 4 is 11.8 Å². The van der Waals surface area contributed by atoms with Gasteiger partial charge in [-0.25, -0.2) is 0 Å². The number of carbonyl (C=O) groups is 2. The van der Waals surface area contributed by atoms with Crippen molar-refractivity contribution in [3.63, 3.8) is 0 Å². The van der Waals surface area contributed by atoms with Crippen LogP contribution in [0.3, 0.4) is 0 Å². The zero-order chi connectivity index (χ0) is 16.4. The highest BCUT2D eigenvalue weighted by molar-refractivity contribution is 5.85. The van der Waals surface area contributed by atoms with Gasteiger partial charge < -0.3 is 10.2 Å². The van der Waals surface area contributed by atoms with Crippen molar-refractivity contribution in [2.45, 2.75) is 57.5 Å². The van der Waals surface area contributed by atoms with E-state index in [1.165, 1.54) is 18.4 Å². The molecule has 1 aliphatic heterocycles. The SMILES string of the molecule is Cc1ccc([C@@H]2[C@H](C(=O)NC3CCCC3)CCC(=O)N2C)cc1. The van der Waals surface area contributed by atoms with Crippen molar-refractivity contribution in [2.24, 2.45) is 5.92 Å². The van der Waals surface area contributed by atoms with Gasteiger partial charge in [0.05, 0.1) is 12.0 Å². The third-order valence-corrected chi connectivity index (χ3v) is 5.32. The first-order chi connectivity index (χ1) is 11.1. The molecule has 1 aromatic rings. The van der Waals surface area contributed by atoms with Crippen LogP contribution in [0.1, 0.15) is 55.7 Å². The van der Waals surface area contributed by atoms with Crippen molar-refractivity contribution < 1.29 is 9.59 Å².